The second-order valence-corrected chi connectivity index (χ2v) is 16.5. The minimum Gasteiger partial charge on any atom is -0.478 e. The van der Waals surface area contributed by atoms with Gasteiger partial charge in [-0.2, -0.15) is 0 Å². The second-order valence-electron chi connectivity index (χ2n) is 11.6. The van der Waals surface area contributed by atoms with Crippen LogP contribution in [0.2, 0.25) is 60.3 Å². The molecule has 0 saturated heterocycles. The number of aliphatic hydroxyl groups is 4. The van der Waals surface area contributed by atoms with E-state index in [9.17, 15) is 19.2 Å². The molecule has 0 saturated carbocycles. The Kier molecular flexibility index (Phi) is 63.3. The van der Waals surface area contributed by atoms with E-state index < -0.39 is 36.5 Å². The quantitative estimate of drug-likeness (QED) is 0.0733. The van der Waals surface area contributed by atoms with E-state index in [2.05, 4.69) is 0 Å². The third-order valence-electron chi connectivity index (χ3n) is 7.22. The third kappa shape index (κ3) is 32.9. The molecule has 6 aromatic rings. The maximum atomic E-state index is 10.5. The van der Waals surface area contributed by atoms with Gasteiger partial charge in [0, 0.05) is 88.4 Å². The van der Waals surface area contributed by atoms with Gasteiger partial charge in [-0.3, -0.25) is 0 Å². The molecule has 434 valence electrons. The minimum absolute atomic E-state index is 0. The molecule has 6 aromatic carbocycles. The molecule has 0 unspecified atom stereocenters. The van der Waals surface area contributed by atoms with Crippen LogP contribution in [0.15, 0.2) is 109 Å². The van der Waals surface area contributed by atoms with E-state index >= 15 is 0 Å². The number of rotatable bonds is 6. The molecule has 0 aliphatic rings. The van der Waals surface area contributed by atoms with E-state index in [1.165, 1.54) is 48.5 Å². The van der Waals surface area contributed by atoms with Crippen LogP contribution in [0.5, 0.6) is 0 Å². The molecule has 0 amide bonds. The Hall–Kier alpha value is -1.23. The average molecular weight is 1610 g/mol. The van der Waals surface area contributed by atoms with Gasteiger partial charge in [-0.25, -0.2) is 19.2 Å². The molecule has 0 aliphatic carbocycles. The molecular weight excluding hydrogens is 1570 g/mol. The van der Waals surface area contributed by atoms with Gasteiger partial charge in [0.2, 0.25) is 0 Å². The third-order valence-corrected chi connectivity index (χ3v) is 11.1. The van der Waals surface area contributed by atoms with E-state index in [-0.39, 0.29) is 215 Å². The fourth-order valence-corrected chi connectivity index (χ4v) is 7.74. The average Bonchev–Trinajstić information content (AvgIpc) is 3.18. The normalized spacial score (nSPS) is 8.66. The number of carboxylic acid groups (broad SMARTS) is 4. The van der Waals surface area contributed by atoms with Crippen molar-refractivity contribution in [3.8, 4) is 0 Å². The van der Waals surface area contributed by atoms with E-state index in [0.29, 0.717) is 0 Å². The van der Waals surface area contributed by atoms with Crippen LogP contribution in [-0.2, 0) is 0 Å². The van der Waals surface area contributed by atoms with E-state index in [0.717, 1.165) is 0 Å². The molecule has 0 fully saturated rings. The summed E-state index contributed by atoms with van der Waals surface area (Å²) in [4.78, 5) is 41.9. The fraction of sp³-hybridized carbons (Fsp3) is 0.0476. The van der Waals surface area contributed by atoms with E-state index in [1.807, 2.05) is 0 Å². The molecule has 0 spiro atoms. The van der Waals surface area contributed by atoms with Crippen LogP contribution in [0.3, 0.4) is 0 Å². The number of hydrogen-bond donors (Lipinski definition) is 8. The van der Waals surface area contributed by atoms with Gasteiger partial charge in [-0.1, -0.05) is 176 Å². The zero-order valence-corrected chi connectivity index (χ0v) is 50.3. The number of aromatic carboxylic acids is 4. The molecule has 0 atom stereocenters. The Morgan fingerprint density at radius 2 is 0.368 bits per heavy atom. The zero-order chi connectivity index (χ0) is 50.6. The number of aliphatic hydroxyl groups excluding tert-OH is 2. The summed E-state index contributed by atoms with van der Waals surface area (Å²) in [6.45, 7) is 0. The Bertz CT molecular complexity index is 2240. The second kappa shape index (κ2) is 49.6. The van der Waals surface area contributed by atoms with Crippen molar-refractivity contribution < 1.29 is 181 Å². The monoisotopic (exact) mass is 1610 g/mol. The molecule has 0 aliphatic heterocycles. The first-order valence-electron chi connectivity index (χ1n) is 17.1. The first-order chi connectivity index (χ1) is 30.8. The number of halogens is 12. The van der Waals surface area contributed by atoms with Gasteiger partial charge in [-0.05, 0) is 72.8 Å². The number of carboxylic acids is 4. The predicted molar refractivity (Wildman–Crippen MR) is 290 cm³/mol. The molecule has 0 aromatic heterocycles. The van der Waals surface area contributed by atoms with Crippen molar-refractivity contribution in [3.05, 3.63) is 203 Å². The number of carbonyl (C=O) groups is 4. The Labute approximate surface area is 552 Å². The van der Waals surface area contributed by atoms with Crippen LogP contribution >= 0.6 is 139 Å². The van der Waals surface area contributed by atoms with E-state index in [4.69, 9.17) is 180 Å². The summed E-state index contributed by atoms with van der Waals surface area (Å²) in [5, 5.41) is 71.7. The van der Waals surface area contributed by atoms with Crippen molar-refractivity contribution in [1.82, 2.24) is 0 Å². The van der Waals surface area contributed by atoms with Crippen LogP contribution in [0.4, 0.5) is 0 Å². The van der Waals surface area contributed by atoms with Gasteiger partial charge in [-0.15, -0.1) is 0 Å². The first kappa shape index (κ1) is 97.0. The smallest absolute Gasteiger partial charge is 0.338 e. The molecule has 0 heterocycles. The Balaban J connectivity index is -0.0000000838. The standard InChI is InChI=1S/2C7H6Cl2O2.4C7H4Cl2O2.8H2O.2Tb/c6*8-4-2-1-3-5(9)6(4)7(10)11;;;;;;;;;;/h2*1-3,7,10-11H;4*1-3H,(H,10,11);8*1H2;;. The summed E-state index contributed by atoms with van der Waals surface area (Å²) >= 11 is 67.0. The summed E-state index contributed by atoms with van der Waals surface area (Å²) in [6.07, 6.45) is -3.23. The van der Waals surface area contributed by atoms with Crippen molar-refractivity contribution in [1.29, 1.82) is 0 Å². The number of benzene rings is 6. The van der Waals surface area contributed by atoms with Gasteiger partial charge < -0.3 is 84.7 Å². The van der Waals surface area contributed by atoms with Crippen LogP contribution in [0.1, 0.15) is 65.1 Å². The summed E-state index contributed by atoms with van der Waals surface area (Å²) in [7, 11) is 0. The summed E-state index contributed by atoms with van der Waals surface area (Å²) < 4.78 is 0. The van der Waals surface area contributed by atoms with Crippen LogP contribution in [0, 0.1) is 77.2 Å². The van der Waals surface area contributed by atoms with Gasteiger partial charge in [0.25, 0.3) is 0 Å². The van der Waals surface area contributed by atoms with Gasteiger partial charge in [0.15, 0.2) is 12.6 Å². The Morgan fingerprint density at radius 3 is 0.434 bits per heavy atom. The van der Waals surface area contributed by atoms with Crippen molar-refractivity contribution >= 4 is 163 Å². The minimum atomic E-state index is -1.61. The molecular formula is C42H44Cl12O20Tb2. The summed E-state index contributed by atoms with van der Waals surface area (Å²) in [6, 6.07) is 27.7. The molecule has 6 rings (SSSR count). The SMILES string of the molecule is O.O.O.O.O.O.O.O.O=C(O)c1c(Cl)cccc1Cl.O=C(O)c1c(Cl)cccc1Cl.O=C(O)c1c(Cl)cccc1Cl.O=C(O)c1c(Cl)cccc1Cl.OC(O)c1c(Cl)cccc1Cl.OC(O)c1c(Cl)cccc1Cl.[Tb].[Tb]. The van der Waals surface area contributed by atoms with E-state index in [1.54, 1.807) is 60.7 Å². The summed E-state index contributed by atoms with van der Waals surface area (Å²) in [5.41, 5.74) is 0.116. The molecule has 34 heteroatoms. The van der Waals surface area contributed by atoms with Crippen molar-refractivity contribution in [2.75, 3.05) is 0 Å². The van der Waals surface area contributed by atoms with Crippen LogP contribution in [0.25, 0.3) is 0 Å². The Morgan fingerprint density at radius 1 is 0.263 bits per heavy atom. The largest absolute Gasteiger partial charge is 0.478 e. The molecule has 76 heavy (non-hydrogen) atoms. The van der Waals surface area contributed by atoms with Crippen molar-refractivity contribution in [2.45, 2.75) is 12.6 Å². The number of hydrogen-bond acceptors (Lipinski definition) is 8. The first-order valence-corrected chi connectivity index (χ1v) is 21.6. The topological polar surface area (TPSA) is 482 Å². The van der Waals surface area contributed by atoms with Gasteiger partial charge in [0.1, 0.15) is 0 Å². The van der Waals surface area contributed by atoms with Gasteiger partial charge >= 0.3 is 23.9 Å². The molecule has 0 bridgehead atoms. The fourth-order valence-electron chi connectivity index (χ4n) is 4.32. The van der Waals surface area contributed by atoms with Crippen LogP contribution in [-0.4, -0.2) is 109 Å². The predicted octanol–water partition coefficient (Wildman–Crippen LogP) is 8.12. The molecule has 20 nitrogen and oxygen atoms in total. The van der Waals surface area contributed by atoms with Crippen molar-refractivity contribution in [3.63, 3.8) is 0 Å². The zero-order valence-electron chi connectivity index (χ0n) is 37.0. The maximum absolute atomic E-state index is 10.5. The molecule has 24 N–H and O–H groups in total. The maximum Gasteiger partial charge on any atom is 0.338 e. The van der Waals surface area contributed by atoms with Gasteiger partial charge in [0.05, 0.1) is 82.5 Å². The van der Waals surface area contributed by atoms with Crippen molar-refractivity contribution in [2.24, 2.45) is 0 Å². The summed E-state index contributed by atoms with van der Waals surface area (Å²) in [5.74, 6) is -4.44. The molecule has 2 radical (unpaired) electrons. The van der Waals surface area contributed by atoms with Crippen LogP contribution < -0.4 is 0 Å².